The lowest BCUT2D eigenvalue weighted by Crippen LogP contribution is -2.39. The summed E-state index contributed by atoms with van der Waals surface area (Å²) in [6.07, 6.45) is 7.33. The Labute approximate surface area is 103 Å². The van der Waals surface area contributed by atoms with E-state index in [1.807, 2.05) is 0 Å². The lowest BCUT2D eigenvalue weighted by atomic mass is 9.78. The van der Waals surface area contributed by atoms with Crippen molar-refractivity contribution < 1.29 is 0 Å². The standard InChI is InChI=1S/C15H20N2/c16-14(17-13-8-9-13)15(10-4-5-11-15)12-6-2-1-3-7-12/h1-3,6-7,13H,4-5,8-11H2,(H2,16,17). The van der Waals surface area contributed by atoms with Crippen LogP contribution in [0.4, 0.5) is 0 Å². The zero-order valence-electron chi connectivity index (χ0n) is 10.2. The SMILES string of the molecule is NC(=NC1CC1)C1(c2ccccc2)CCCC1. The molecule has 2 heteroatoms. The fraction of sp³-hybridized carbons (Fsp3) is 0.533. The van der Waals surface area contributed by atoms with Crippen LogP contribution >= 0.6 is 0 Å². The van der Waals surface area contributed by atoms with E-state index in [4.69, 9.17) is 10.7 Å². The molecule has 0 unspecified atom stereocenters. The highest BCUT2D eigenvalue weighted by molar-refractivity contribution is 5.92. The lowest BCUT2D eigenvalue weighted by molar-refractivity contribution is 0.589. The maximum atomic E-state index is 6.34. The van der Waals surface area contributed by atoms with Crippen LogP contribution in [-0.2, 0) is 5.41 Å². The maximum Gasteiger partial charge on any atom is 0.105 e. The van der Waals surface area contributed by atoms with Crippen LogP contribution in [0.5, 0.6) is 0 Å². The maximum absolute atomic E-state index is 6.34. The molecule has 2 saturated carbocycles. The summed E-state index contributed by atoms with van der Waals surface area (Å²) >= 11 is 0. The van der Waals surface area contributed by atoms with Crippen LogP contribution in [0.1, 0.15) is 44.1 Å². The van der Waals surface area contributed by atoms with Gasteiger partial charge in [-0.05, 0) is 31.2 Å². The summed E-state index contributed by atoms with van der Waals surface area (Å²) in [6.45, 7) is 0. The molecule has 3 rings (SSSR count). The summed E-state index contributed by atoms with van der Waals surface area (Å²) in [5, 5.41) is 0. The largest absolute Gasteiger partial charge is 0.387 e. The molecule has 2 aliphatic rings. The summed E-state index contributed by atoms with van der Waals surface area (Å²) in [6, 6.07) is 11.2. The van der Waals surface area contributed by atoms with E-state index in [9.17, 15) is 0 Å². The van der Waals surface area contributed by atoms with Gasteiger partial charge in [0, 0.05) is 0 Å². The second-order valence-electron chi connectivity index (χ2n) is 5.40. The van der Waals surface area contributed by atoms with Crippen LogP contribution in [-0.4, -0.2) is 11.9 Å². The molecule has 17 heavy (non-hydrogen) atoms. The van der Waals surface area contributed by atoms with Gasteiger partial charge in [0.25, 0.3) is 0 Å². The number of aliphatic imine (C=N–C) groups is 1. The monoisotopic (exact) mass is 228 g/mol. The molecular weight excluding hydrogens is 208 g/mol. The third kappa shape index (κ3) is 1.97. The average molecular weight is 228 g/mol. The quantitative estimate of drug-likeness (QED) is 0.627. The van der Waals surface area contributed by atoms with Crippen molar-refractivity contribution in [3.63, 3.8) is 0 Å². The highest BCUT2D eigenvalue weighted by atomic mass is 14.9. The molecule has 0 bridgehead atoms. The molecule has 2 fully saturated rings. The van der Waals surface area contributed by atoms with Gasteiger partial charge in [-0.3, -0.25) is 4.99 Å². The van der Waals surface area contributed by atoms with Gasteiger partial charge in [-0.1, -0.05) is 43.2 Å². The topological polar surface area (TPSA) is 38.4 Å². The van der Waals surface area contributed by atoms with Crippen molar-refractivity contribution in [3.8, 4) is 0 Å². The van der Waals surface area contributed by atoms with Gasteiger partial charge >= 0.3 is 0 Å². The second-order valence-corrected chi connectivity index (χ2v) is 5.40. The van der Waals surface area contributed by atoms with Gasteiger partial charge in [0.05, 0.1) is 11.5 Å². The molecule has 1 aromatic rings. The van der Waals surface area contributed by atoms with Crippen molar-refractivity contribution in [2.45, 2.75) is 50.0 Å². The van der Waals surface area contributed by atoms with Gasteiger partial charge in [-0.25, -0.2) is 0 Å². The van der Waals surface area contributed by atoms with Crippen molar-refractivity contribution in [2.75, 3.05) is 0 Å². The third-order valence-electron chi connectivity index (χ3n) is 4.14. The fourth-order valence-electron chi connectivity index (χ4n) is 2.95. The molecule has 0 amide bonds. The van der Waals surface area contributed by atoms with Crippen LogP contribution in [0, 0.1) is 0 Å². The molecular formula is C15H20N2. The zero-order valence-corrected chi connectivity index (χ0v) is 10.2. The molecule has 1 aromatic carbocycles. The minimum Gasteiger partial charge on any atom is -0.387 e. The van der Waals surface area contributed by atoms with Crippen LogP contribution in [0.25, 0.3) is 0 Å². The second kappa shape index (κ2) is 4.17. The van der Waals surface area contributed by atoms with Gasteiger partial charge in [0.2, 0.25) is 0 Å². The molecule has 2 nitrogen and oxygen atoms in total. The molecule has 2 aliphatic carbocycles. The van der Waals surface area contributed by atoms with Crippen LogP contribution in [0.2, 0.25) is 0 Å². The van der Waals surface area contributed by atoms with E-state index in [0.29, 0.717) is 6.04 Å². The Bertz CT molecular complexity index is 412. The predicted molar refractivity (Wildman–Crippen MR) is 71.2 cm³/mol. The third-order valence-corrected chi connectivity index (χ3v) is 4.14. The molecule has 90 valence electrons. The summed E-state index contributed by atoms with van der Waals surface area (Å²) in [5.74, 6) is 0.892. The first kappa shape index (κ1) is 10.8. The highest BCUT2D eigenvalue weighted by Crippen LogP contribution is 2.42. The van der Waals surface area contributed by atoms with Crippen molar-refractivity contribution in [1.29, 1.82) is 0 Å². The summed E-state index contributed by atoms with van der Waals surface area (Å²) in [4.78, 5) is 4.71. The molecule has 0 aliphatic heterocycles. The zero-order chi connectivity index (χ0) is 11.7. The number of amidine groups is 1. The normalized spacial score (nSPS) is 23.9. The van der Waals surface area contributed by atoms with Gasteiger partial charge in [-0.2, -0.15) is 0 Å². The van der Waals surface area contributed by atoms with E-state index < -0.39 is 0 Å². The highest BCUT2D eigenvalue weighted by Gasteiger charge is 2.40. The first-order chi connectivity index (χ1) is 8.31. The van der Waals surface area contributed by atoms with E-state index in [1.165, 1.54) is 44.1 Å². The fourth-order valence-corrected chi connectivity index (χ4v) is 2.95. The van der Waals surface area contributed by atoms with E-state index in [-0.39, 0.29) is 5.41 Å². The Morgan fingerprint density at radius 2 is 1.76 bits per heavy atom. The van der Waals surface area contributed by atoms with E-state index in [0.717, 1.165) is 5.84 Å². The Morgan fingerprint density at radius 3 is 2.35 bits per heavy atom. The number of nitrogens with zero attached hydrogens (tertiary/aromatic N) is 1. The molecule has 0 radical (unpaired) electrons. The molecule has 2 N–H and O–H groups in total. The minimum absolute atomic E-state index is 0.0455. The van der Waals surface area contributed by atoms with Crippen molar-refractivity contribution in [2.24, 2.45) is 10.7 Å². The van der Waals surface area contributed by atoms with Gasteiger partial charge in [0.15, 0.2) is 0 Å². The van der Waals surface area contributed by atoms with E-state index in [2.05, 4.69) is 30.3 Å². The molecule has 0 spiro atoms. The molecule has 0 aromatic heterocycles. The van der Waals surface area contributed by atoms with E-state index in [1.54, 1.807) is 0 Å². The first-order valence-corrected chi connectivity index (χ1v) is 6.70. The van der Waals surface area contributed by atoms with Gasteiger partial charge in [-0.15, -0.1) is 0 Å². The van der Waals surface area contributed by atoms with Crippen molar-refractivity contribution in [3.05, 3.63) is 35.9 Å². The Morgan fingerprint density at radius 1 is 1.12 bits per heavy atom. The summed E-state index contributed by atoms with van der Waals surface area (Å²) in [7, 11) is 0. The summed E-state index contributed by atoms with van der Waals surface area (Å²) < 4.78 is 0. The average Bonchev–Trinajstić information content (AvgIpc) is 3.04. The van der Waals surface area contributed by atoms with Crippen molar-refractivity contribution in [1.82, 2.24) is 0 Å². The molecule has 0 heterocycles. The minimum atomic E-state index is 0.0455. The van der Waals surface area contributed by atoms with Crippen LogP contribution in [0.3, 0.4) is 0 Å². The first-order valence-electron chi connectivity index (χ1n) is 6.70. The van der Waals surface area contributed by atoms with Gasteiger partial charge < -0.3 is 5.73 Å². The lowest BCUT2D eigenvalue weighted by Gasteiger charge is -2.29. The number of hydrogen-bond acceptors (Lipinski definition) is 1. The number of hydrogen-bond donors (Lipinski definition) is 1. The summed E-state index contributed by atoms with van der Waals surface area (Å²) in [5.41, 5.74) is 7.74. The van der Waals surface area contributed by atoms with E-state index >= 15 is 0 Å². The molecule has 0 saturated heterocycles. The van der Waals surface area contributed by atoms with Crippen LogP contribution in [0.15, 0.2) is 35.3 Å². The van der Waals surface area contributed by atoms with Crippen molar-refractivity contribution >= 4 is 5.84 Å². The Kier molecular flexibility index (Phi) is 2.65. The number of rotatable bonds is 3. The Balaban J connectivity index is 1.97. The predicted octanol–water partition coefficient (Wildman–Crippen LogP) is 3.02. The van der Waals surface area contributed by atoms with Crippen LogP contribution < -0.4 is 5.73 Å². The van der Waals surface area contributed by atoms with Gasteiger partial charge in [0.1, 0.15) is 5.84 Å². The number of nitrogens with two attached hydrogens (primary N) is 1. The smallest absolute Gasteiger partial charge is 0.105 e. The molecule has 0 atom stereocenters. The number of benzene rings is 1. The Hall–Kier alpha value is -1.31.